The predicted octanol–water partition coefficient (Wildman–Crippen LogP) is 3.50. The van der Waals surface area contributed by atoms with E-state index in [2.05, 4.69) is 16.8 Å². The molecule has 0 aliphatic heterocycles. The lowest BCUT2D eigenvalue weighted by Crippen LogP contribution is -2.39. The van der Waals surface area contributed by atoms with E-state index >= 15 is 0 Å². The van der Waals surface area contributed by atoms with Gasteiger partial charge in [-0.2, -0.15) is 13.2 Å². The van der Waals surface area contributed by atoms with Crippen LogP contribution in [0.15, 0.2) is 76.4 Å². The molecule has 31 heavy (non-hydrogen) atoms. The Morgan fingerprint density at radius 1 is 0.903 bits per heavy atom. The number of para-hydroxylation sites is 1. The van der Waals surface area contributed by atoms with Crippen LogP contribution in [0.1, 0.15) is 16.7 Å². The summed E-state index contributed by atoms with van der Waals surface area (Å²) in [5.41, 5.74) is -2.08. The van der Waals surface area contributed by atoms with Gasteiger partial charge in [0.05, 0.1) is 10.9 Å². The number of aromatic nitrogens is 3. The summed E-state index contributed by atoms with van der Waals surface area (Å²) in [5.74, 6) is 4.62. The average Bonchev–Trinajstić information content (AvgIpc) is 2.77. The van der Waals surface area contributed by atoms with Crippen molar-refractivity contribution in [3.05, 3.63) is 104 Å². The average molecular weight is 421 g/mol. The Labute approximate surface area is 174 Å². The number of halogens is 3. The lowest BCUT2D eigenvalue weighted by molar-refractivity contribution is -0.137. The molecule has 0 N–H and O–H groups in total. The Hall–Kier alpha value is -4.12. The van der Waals surface area contributed by atoms with E-state index in [1.807, 2.05) is 0 Å². The molecule has 0 amide bonds. The van der Waals surface area contributed by atoms with Gasteiger partial charge >= 0.3 is 11.9 Å². The maximum atomic E-state index is 13.8. The number of hydrogen-bond acceptors (Lipinski definition) is 3. The van der Waals surface area contributed by atoms with Gasteiger partial charge in [-0.3, -0.25) is 9.36 Å². The fourth-order valence-corrected chi connectivity index (χ4v) is 3.17. The molecule has 0 aliphatic rings. The van der Waals surface area contributed by atoms with E-state index in [4.69, 9.17) is 0 Å². The minimum atomic E-state index is -4.86. The predicted molar refractivity (Wildman–Crippen MR) is 110 cm³/mol. The van der Waals surface area contributed by atoms with Crippen molar-refractivity contribution in [2.24, 2.45) is 7.05 Å². The van der Waals surface area contributed by atoms with E-state index in [0.29, 0.717) is 15.6 Å². The number of alkyl halides is 3. The normalized spacial score (nSPS) is 11.2. The van der Waals surface area contributed by atoms with Crippen molar-refractivity contribution in [3.8, 4) is 17.7 Å². The van der Waals surface area contributed by atoms with Crippen molar-refractivity contribution < 1.29 is 13.2 Å². The first-order valence-electron chi connectivity index (χ1n) is 9.13. The Kier molecular flexibility index (Phi) is 4.95. The molecule has 0 spiro atoms. The number of aryl methyl sites for hydroxylation is 1. The van der Waals surface area contributed by atoms with Crippen LogP contribution in [-0.2, 0) is 13.2 Å². The van der Waals surface area contributed by atoms with Gasteiger partial charge in [0.15, 0.2) is 5.82 Å². The van der Waals surface area contributed by atoms with E-state index in [-0.39, 0.29) is 10.9 Å². The van der Waals surface area contributed by atoms with Crippen molar-refractivity contribution in [3.63, 3.8) is 0 Å². The van der Waals surface area contributed by atoms with Crippen molar-refractivity contribution in [2.75, 3.05) is 0 Å². The van der Waals surface area contributed by atoms with Crippen LogP contribution in [0.3, 0.4) is 0 Å². The summed E-state index contributed by atoms with van der Waals surface area (Å²) in [4.78, 5) is 29.5. The highest BCUT2D eigenvalue weighted by molar-refractivity contribution is 5.78. The topological polar surface area (TPSA) is 56.9 Å². The molecule has 0 fully saturated rings. The number of pyridine rings is 1. The molecule has 0 unspecified atom stereocenters. The van der Waals surface area contributed by atoms with Gasteiger partial charge in [0.25, 0.3) is 5.56 Å². The van der Waals surface area contributed by atoms with Crippen LogP contribution < -0.4 is 11.2 Å². The van der Waals surface area contributed by atoms with Crippen LogP contribution in [0.2, 0.25) is 0 Å². The number of nitrogens with zero attached hydrogens (tertiary/aromatic N) is 3. The molecule has 2 aromatic heterocycles. The van der Waals surface area contributed by atoms with Gasteiger partial charge in [0.2, 0.25) is 0 Å². The first-order chi connectivity index (χ1) is 14.8. The summed E-state index contributed by atoms with van der Waals surface area (Å²) in [5, 5.41) is 0.104. The van der Waals surface area contributed by atoms with Crippen LogP contribution >= 0.6 is 0 Å². The zero-order valence-corrected chi connectivity index (χ0v) is 16.1. The number of fused-ring (bicyclic) bond motifs is 1. The number of hydrogen-bond donors (Lipinski definition) is 0. The van der Waals surface area contributed by atoms with Gasteiger partial charge in [0.1, 0.15) is 5.56 Å². The fourth-order valence-electron chi connectivity index (χ4n) is 3.17. The SMILES string of the molecule is Cn1c(=O)n(-c2ncc(C#Cc3ccccc3)cc2C(F)(F)F)c(=O)c2ccccc21. The standard InChI is InChI=1S/C23H14F3N3O2/c1-28-19-10-6-5-9-17(19)21(30)29(22(28)31)20-18(23(24,25)26)13-16(14-27-20)12-11-15-7-3-2-4-8-15/h2-10,13-14H,1H3. The smallest absolute Gasteiger partial charge is 0.296 e. The highest BCUT2D eigenvalue weighted by Gasteiger charge is 2.36. The molecule has 154 valence electrons. The second-order valence-corrected chi connectivity index (χ2v) is 6.71. The zero-order chi connectivity index (χ0) is 22.2. The summed E-state index contributed by atoms with van der Waals surface area (Å²) < 4.78 is 43.1. The molecule has 0 radical (unpaired) electrons. The maximum absolute atomic E-state index is 13.8. The fraction of sp³-hybridized carbons (Fsp3) is 0.0870. The van der Waals surface area contributed by atoms with Crippen LogP contribution in [0.4, 0.5) is 13.2 Å². The largest absolute Gasteiger partial charge is 0.420 e. The Morgan fingerprint density at radius 2 is 1.55 bits per heavy atom. The van der Waals surface area contributed by atoms with E-state index in [9.17, 15) is 22.8 Å². The third-order valence-electron chi connectivity index (χ3n) is 4.69. The molecule has 4 aromatic rings. The minimum absolute atomic E-state index is 0.00518. The van der Waals surface area contributed by atoms with Gasteiger partial charge < -0.3 is 0 Å². The molecule has 0 saturated heterocycles. The Balaban J connectivity index is 1.96. The summed E-state index contributed by atoms with van der Waals surface area (Å²) in [6.07, 6.45) is -3.75. The Bertz CT molecular complexity index is 1470. The van der Waals surface area contributed by atoms with E-state index in [1.165, 1.54) is 13.1 Å². The molecule has 0 atom stereocenters. The molecular formula is C23H14F3N3O2. The number of benzene rings is 2. The molecule has 5 nitrogen and oxygen atoms in total. The summed E-state index contributed by atoms with van der Waals surface area (Å²) in [6, 6.07) is 15.7. The molecule has 0 bridgehead atoms. The zero-order valence-electron chi connectivity index (χ0n) is 16.1. The van der Waals surface area contributed by atoms with Gasteiger partial charge in [-0.1, -0.05) is 42.2 Å². The molecule has 0 saturated carbocycles. The van der Waals surface area contributed by atoms with E-state index in [1.54, 1.807) is 48.5 Å². The third kappa shape index (κ3) is 3.73. The quantitative estimate of drug-likeness (QED) is 0.442. The summed E-state index contributed by atoms with van der Waals surface area (Å²) in [7, 11) is 1.38. The van der Waals surface area contributed by atoms with Gasteiger partial charge in [0, 0.05) is 24.4 Å². The first-order valence-corrected chi connectivity index (χ1v) is 9.13. The van der Waals surface area contributed by atoms with Crippen molar-refractivity contribution in [1.82, 2.24) is 14.1 Å². The Morgan fingerprint density at radius 3 is 2.26 bits per heavy atom. The molecule has 4 rings (SSSR count). The molecule has 2 heterocycles. The first kappa shape index (κ1) is 20.2. The van der Waals surface area contributed by atoms with Crippen molar-refractivity contribution >= 4 is 10.9 Å². The lowest BCUT2D eigenvalue weighted by atomic mass is 10.1. The van der Waals surface area contributed by atoms with Crippen molar-refractivity contribution in [2.45, 2.75) is 6.18 Å². The monoisotopic (exact) mass is 421 g/mol. The molecule has 0 aliphatic carbocycles. The summed E-state index contributed by atoms with van der Waals surface area (Å²) in [6.45, 7) is 0. The third-order valence-corrected chi connectivity index (χ3v) is 4.69. The second-order valence-electron chi connectivity index (χ2n) is 6.71. The second kappa shape index (κ2) is 7.61. The summed E-state index contributed by atoms with van der Waals surface area (Å²) >= 11 is 0. The van der Waals surface area contributed by atoms with Gasteiger partial charge in [-0.15, -0.1) is 0 Å². The number of rotatable bonds is 1. The molecular weight excluding hydrogens is 407 g/mol. The maximum Gasteiger partial charge on any atom is 0.420 e. The van der Waals surface area contributed by atoms with Crippen LogP contribution in [0, 0.1) is 11.8 Å². The molecule has 8 heteroatoms. The minimum Gasteiger partial charge on any atom is -0.296 e. The lowest BCUT2D eigenvalue weighted by Gasteiger charge is -2.15. The highest BCUT2D eigenvalue weighted by atomic mass is 19.4. The molecule has 2 aromatic carbocycles. The van der Waals surface area contributed by atoms with Crippen LogP contribution in [0.25, 0.3) is 16.7 Å². The van der Waals surface area contributed by atoms with E-state index < -0.39 is 28.8 Å². The van der Waals surface area contributed by atoms with Gasteiger partial charge in [-0.25, -0.2) is 14.3 Å². The van der Waals surface area contributed by atoms with Crippen molar-refractivity contribution in [1.29, 1.82) is 0 Å². The van der Waals surface area contributed by atoms with Gasteiger partial charge in [-0.05, 0) is 30.3 Å². The highest BCUT2D eigenvalue weighted by Crippen LogP contribution is 2.32. The van der Waals surface area contributed by atoms with Crippen LogP contribution in [0.5, 0.6) is 0 Å². The van der Waals surface area contributed by atoms with Crippen LogP contribution in [-0.4, -0.2) is 14.1 Å². The van der Waals surface area contributed by atoms with E-state index in [0.717, 1.165) is 16.8 Å².